The molecule has 0 aliphatic rings. The Labute approximate surface area is 170 Å². The summed E-state index contributed by atoms with van der Waals surface area (Å²) in [7, 11) is 0. The first-order valence-electron chi connectivity index (χ1n) is 4.80. The van der Waals surface area contributed by atoms with Gasteiger partial charge in [0.1, 0.15) is 0 Å². The van der Waals surface area contributed by atoms with Gasteiger partial charge in [0, 0.05) is 42.4 Å². The molecule has 0 amide bonds. The maximum atomic E-state index is 3.64. The van der Waals surface area contributed by atoms with Gasteiger partial charge < -0.3 is 0 Å². The molecule has 0 aliphatic carbocycles. The minimum atomic E-state index is 0.971. The molecule has 0 spiro atoms. The van der Waals surface area contributed by atoms with Crippen LogP contribution in [0.1, 0.15) is 0 Å². The van der Waals surface area contributed by atoms with Crippen molar-refractivity contribution in [2.75, 3.05) is 0 Å². The Bertz CT molecular complexity index is 641. The number of halogens is 7. The predicted molar refractivity (Wildman–Crippen MR) is 106 cm³/mol. The molecule has 2 aromatic rings. The molecule has 19 heavy (non-hydrogen) atoms. The molecular formula is C12H3Br7. The van der Waals surface area contributed by atoms with E-state index in [4.69, 9.17) is 0 Å². The molecule has 0 radical (unpaired) electrons. The van der Waals surface area contributed by atoms with E-state index in [1.807, 2.05) is 12.1 Å². The van der Waals surface area contributed by atoms with Crippen LogP contribution in [0.3, 0.4) is 0 Å². The molecule has 0 aliphatic heterocycles. The smallest absolute Gasteiger partial charge is 0.0477 e. The molecule has 0 atom stereocenters. The highest BCUT2D eigenvalue weighted by atomic mass is 79.9. The van der Waals surface area contributed by atoms with Crippen LogP contribution in [0.4, 0.5) is 0 Å². The van der Waals surface area contributed by atoms with E-state index in [9.17, 15) is 0 Å². The van der Waals surface area contributed by atoms with Gasteiger partial charge in [-0.2, -0.15) is 0 Å². The van der Waals surface area contributed by atoms with Crippen LogP contribution < -0.4 is 0 Å². The van der Waals surface area contributed by atoms with E-state index in [-0.39, 0.29) is 0 Å². The van der Waals surface area contributed by atoms with Crippen LogP contribution >= 0.6 is 112 Å². The van der Waals surface area contributed by atoms with Crippen molar-refractivity contribution in [2.45, 2.75) is 0 Å². The fourth-order valence-electron chi connectivity index (χ4n) is 1.55. The van der Waals surface area contributed by atoms with E-state index in [2.05, 4.69) is 118 Å². The molecule has 7 heteroatoms. The third kappa shape index (κ3) is 3.59. The van der Waals surface area contributed by atoms with Gasteiger partial charge in [0.25, 0.3) is 0 Å². The molecule has 0 saturated heterocycles. The third-order valence-corrected chi connectivity index (χ3v) is 8.75. The molecule has 100 valence electrons. The van der Waals surface area contributed by atoms with Crippen molar-refractivity contribution in [1.82, 2.24) is 0 Å². The molecule has 0 unspecified atom stereocenters. The van der Waals surface area contributed by atoms with E-state index in [1.54, 1.807) is 0 Å². The Balaban J connectivity index is 2.80. The molecule has 0 aromatic heterocycles. The molecule has 0 nitrogen and oxygen atoms in total. The maximum absolute atomic E-state index is 3.64. The van der Waals surface area contributed by atoms with E-state index in [1.165, 1.54) is 0 Å². The summed E-state index contributed by atoms with van der Waals surface area (Å²) in [6.07, 6.45) is 0. The summed E-state index contributed by atoms with van der Waals surface area (Å²) in [6, 6.07) is 6.12. The van der Waals surface area contributed by atoms with Gasteiger partial charge >= 0.3 is 0 Å². The first-order chi connectivity index (χ1) is 8.82. The van der Waals surface area contributed by atoms with Crippen LogP contribution in [0.25, 0.3) is 11.1 Å². The van der Waals surface area contributed by atoms with Crippen molar-refractivity contribution in [3.8, 4) is 11.1 Å². The molecule has 0 fully saturated rings. The van der Waals surface area contributed by atoms with Crippen molar-refractivity contribution < 1.29 is 0 Å². The number of benzene rings is 2. The Morgan fingerprint density at radius 1 is 0.526 bits per heavy atom. The highest BCUT2D eigenvalue weighted by Gasteiger charge is 2.17. The van der Waals surface area contributed by atoms with Crippen LogP contribution in [-0.2, 0) is 0 Å². The van der Waals surface area contributed by atoms with E-state index in [0.29, 0.717) is 0 Å². The quantitative estimate of drug-likeness (QED) is 0.206. The Morgan fingerprint density at radius 2 is 1.05 bits per heavy atom. The second-order valence-electron chi connectivity index (χ2n) is 3.59. The standard InChI is InChI=1S/C12H3Br7/c13-4-1-6(14)9(7(15)2-4)5-3-8(16)11(18)12(19)10(5)17/h1-3H. The predicted octanol–water partition coefficient (Wildman–Crippen LogP) is 8.69. The summed E-state index contributed by atoms with van der Waals surface area (Å²) in [5.41, 5.74) is 2.16. The first kappa shape index (κ1) is 17.2. The van der Waals surface area contributed by atoms with Crippen LogP contribution in [0.5, 0.6) is 0 Å². The monoisotopic (exact) mass is 699 g/mol. The normalized spacial score (nSPS) is 10.9. The van der Waals surface area contributed by atoms with Crippen LogP contribution in [0.2, 0.25) is 0 Å². The van der Waals surface area contributed by atoms with Gasteiger partial charge in [-0.1, -0.05) is 47.8 Å². The van der Waals surface area contributed by atoms with Gasteiger partial charge in [0.05, 0.1) is 0 Å². The molecule has 0 N–H and O–H groups in total. The zero-order chi connectivity index (χ0) is 14.3. The second kappa shape index (κ2) is 6.92. The van der Waals surface area contributed by atoms with E-state index in [0.717, 1.165) is 42.4 Å². The van der Waals surface area contributed by atoms with Crippen molar-refractivity contribution in [3.63, 3.8) is 0 Å². The lowest BCUT2D eigenvalue weighted by Gasteiger charge is -2.14. The molecule has 0 heterocycles. The summed E-state index contributed by atoms with van der Waals surface area (Å²) in [6.45, 7) is 0. The van der Waals surface area contributed by atoms with Crippen molar-refractivity contribution in [3.05, 3.63) is 49.5 Å². The number of hydrogen-bond acceptors (Lipinski definition) is 0. The summed E-state index contributed by atoms with van der Waals surface area (Å²) in [5.74, 6) is 0. The van der Waals surface area contributed by atoms with Gasteiger partial charge in [-0.15, -0.1) is 0 Å². The molecule has 2 rings (SSSR count). The SMILES string of the molecule is Brc1cc(Br)c(-c2cc(Br)c(Br)c(Br)c2Br)c(Br)c1. The topological polar surface area (TPSA) is 0 Å². The fraction of sp³-hybridized carbons (Fsp3) is 0. The summed E-state index contributed by atoms with van der Waals surface area (Å²) in [5, 5.41) is 0. The Hall–Kier alpha value is 1.80. The molecule has 0 saturated carbocycles. The van der Waals surface area contributed by atoms with E-state index < -0.39 is 0 Å². The van der Waals surface area contributed by atoms with Crippen LogP contribution in [-0.4, -0.2) is 0 Å². The van der Waals surface area contributed by atoms with Crippen molar-refractivity contribution >= 4 is 112 Å². The van der Waals surface area contributed by atoms with Gasteiger partial charge in [0.15, 0.2) is 0 Å². The number of rotatable bonds is 1. The highest BCUT2D eigenvalue weighted by Crippen LogP contribution is 2.47. The maximum Gasteiger partial charge on any atom is 0.0477 e. The zero-order valence-electron chi connectivity index (χ0n) is 8.88. The molecule has 2 aromatic carbocycles. The first-order valence-corrected chi connectivity index (χ1v) is 10.4. The fourth-order valence-corrected chi connectivity index (χ4v) is 6.45. The Kier molecular flexibility index (Phi) is 6.25. The molecular weight excluding hydrogens is 703 g/mol. The van der Waals surface area contributed by atoms with Crippen molar-refractivity contribution in [1.29, 1.82) is 0 Å². The Morgan fingerprint density at radius 3 is 1.58 bits per heavy atom. The lowest BCUT2D eigenvalue weighted by atomic mass is 10.1. The second-order valence-corrected chi connectivity index (χ2v) is 9.45. The van der Waals surface area contributed by atoms with Gasteiger partial charge in [-0.3, -0.25) is 0 Å². The minimum absolute atomic E-state index is 0.971. The average molecular weight is 706 g/mol. The van der Waals surface area contributed by atoms with Crippen LogP contribution in [0.15, 0.2) is 49.5 Å². The minimum Gasteiger partial charge on any atom is -0.0508 e. The van der Waals surface area contributed by atoms with Gasteiger partial charge in [-0.05, 0) is 81.9 Å². The lowest BCUT2D eigenvalue weighted by Crippen LogP contribution is -1.88. The summed E-state index contributed by atoms with van der Waals surface area (Å²) in [4.78, 5) is 0. The molecule has 0 bridgehead atoms. The average Bonchev–Trinajstić information content (AvgIpc) is 2.31. The largest absolute Gasteiger partial charge is 0.0508 e. The summed E-state index contributed by atoms with van der Waals surface area (Å²) >= 11 is 25.0. The van der Waals surface area contributed by atoms with Gasteiger partial charge in [0.2, 0.25) is 0 Å². The highest BCUT2D eigenvalue weighted by molar-refractivity contribution is 9.15. The summed E-state index contributed by atoms with van der Waals surface area (Å²) < 4.78 is 6.96. The van der Waals surface area contributed by atoms with Gasteiger partial charge in [-0.25, -0.2) is 0 Å². The third-order valence-electron chi connectivity index (χ3n) is 2.38. The zero-order valence-corrected chi connectivity index (χ0v) is 20.0. The van der Waals surface area contributed by atoms with Crippen LogP contribution in [0, 0.1) is 0 Å². The number of hydrogen-bond donors (Lipinski definition) is 0. The lowest BCUT2D eigenvalue weighted by molar-refractivity contribution is 1.45. The van der Waals surface area contributed by atoms with E-state index >= 15 is 0 Å². The van der Waals surface area contributed by atoms with Crippen molar-refractivity contribution in [2.24, 2.45) is 0 Å².